The third-order valence-corrected chi connectivity index (χ3v) is 6.38. The number of nitrogens with one attached hydrogen (secondary N) is 1. The molecule has 0 bridgehead atoms. The highest BCUT2D eigenvalue weighted by Crippen LogP contribution is 2.34. The summed E-state index contributed by atoms with van der Waals surface area (Å²) in [6.07, 6.45) is -0.529. The maximum atomic E-state index is 12.8. The van der Waals surface area contributed by atoms with Crippen LogP contribution < -0.4 is 14.8 Å². The van der Waals surface area contributed by atoms with Gasteiger partial charge in [-0.15, -0.1) is 0 Å². The topological polar surface area (TPSA) is 94.2 Å². The molecule has 0 aliphatic carbocycles. The summed E-state index contributed by atoms with van der Waals surface area (Å²) >= 11 is 0. The Kier molecular flexibility index (Phi) is 5.92. The van der Waals surface area contributed by atoms with Gasteiger partial charge in [0.2, 0.25) is 15.9 Å². The molecule has 2 aliphatic heterocycles. The summed E-state index contributed by atoms with van der Waals surface area (Å²) in [5, 5.41) is 2.87. The molecule has 3 rings (SSSR count). The lowest BCUT2D eigenvalue weighted by atomic mass is 10.1. The van der Waals surface area contributed by atoms with Gasteiger partial charge >= 0.3 is 0 Å². The van der Waals surface area contributed by atoms with Crippen LogP contribution in [0.15, 0.2) is 23.1 Å². The van der Waals surface area contributed by atoms with E-state index in [0.717, 1.165) is 0 Å². The molecule has 1 fully saturated rings. The summed E-state index contributed by atoms with van der Waals surface area (Å²) in [5.41, 5.74) is 0. The molecule has 150 valence electrons. The lowest BCUT2D eigenvalue weighted by molar-refractivity contribution is -0.136. The first kappa shape index (κ1) is 19.9. The third kappa shape index (κ3) is 4.20. The molecule has 2 heterocycles. The molecular formula is C18H26N2O6S. The molecule has 27 heavy (non-hydrogen) atoms. The van der Waals surface area contributed by atoms with Crippen molar-refractivity contribution in [1.29, 1.82) is 0 Å². The summed E-state index contributed by atoms with van der Waals surface area (Å²) in [6, 6.07) is 4.39. The Morgan fingerprint density at radius 2 is 1.93 bits per heavy atom. The van der Waals surface area contributed by atoms with Crippen molar-refractivity contribution in [3.8, 4) is 11.5 Å². The number of carbonyl (C=O) groups is 1. The van der Waals surface area contributed by atoms with E-state index in [1.54, 1.807) is 6.07 Å². The van der Waals surface area contributed by atoms with E-state index < -0.39 is 16.1 Å². The predicted octanol–water partition coefficient (Wildman–Crippen LogP) is 1.01. The van der Waals surface area contributed by atoms with E-state index in [4.69, 9.17) is 14.2 Å². The van der Waals surface area contributed by atoms with Gasteiger partial charge < -0.3 is 19.5 Å². The minimum Gasteiger partial charge on any atom is -0.486 e. The highest BCUT2D eigenvalue weighted by molar-refractivity contribution is 7.89. The monoisotopic (exact) mass is 398 g/mol. The minimum absolute atomic E-state index is 0.0441. The van der Waals surface area contributed by atoms with E-state index in [1.165, 1.54) is 16.4 Å². The zero-order valence-electron chi connectivity index (χ0n) is 15.8. The maximum absolute atomic E-state index is 12.8. The molecule has 8 nitrogen and oxygen atoms in total. The number of amides is 1. The van der Waals surface area contributed by atoms with Crippen LogP contribution in [0, 0.1) is 5.92 Å². The second-order valence-electron chi connectivity index (χ2n) is 6.95. The molecule has 1 amide bonds. The van der Waals surface area contributed by atoms with E-state index >= 15 is 0 Å². The fraction of sp³-hybridized carbons (Fsp3) is 0.611. The molecule has 2 aliphatic rings. The molecule has 1 N–H and O–H groups in total. The predicted molar refractivity (Wildman–Crippen MR) is 98.4 cm³/mol. The van der Waals surface area contributed by atoms with Crippen LogP contribution in [-0.2, 0) is 19.6 Å². The van der Waals surface area contributed by atoms with Crippen LogP contribution in [-0.4, -0.2) is 63.7 Å². The SMILES string of the molecule is CCOC(C(=O)NC1CN(S(=O)(=O)c2ccc3c(c2)OCCO3)C1)C(C)C. The minimum atomic E-state index is -3.64. The number of hydrogen-bond donors (Lipinski definition) is 1. The first-order valence-electron chi connectivity index (χ1n) is 9.14. The number of benzene rings is 1. The van der Waals surface area contributed by atoms with Crippen LogP contribution in [0.1, 0.15) is 20.8 Å². The third-order valence-electron chi connectivity index (χ3n) is 4.56. The molecule has 0 radical (unpaired) electrons. The Morgan fingerprint density at radius 3 is 2.56 bits per heavy atom. The van der Waals surface area contributed by atoms with Gasteiger partial charge in [0.05, 0.1) is 10.9 Å². The van der Waals surface area contributed by atoms with Gasteiger partial charge in [-0.3, -0.25) is 4.79 Å². The Labute approximate surface area is 159 Å². The fourth-order valence-corrected chi connectivity index (χ4v) is 4.64. The molecule has 1 aromatic rings. The highest BCUT2D eigenvalue weighted by Gasteiger charge is 2.39. The molecule has 9 heteroatoms. The lowest BCUT2D eigenvalue weighted by Gasteiger charge is -2.39. The van der Waals surface area contributed by atoms with Crippen LogP contribution in [0.2, 0.25) is 0 Å². The second-order valence-corrected chi connectivity index (χ2v) is 8.89. The van der Waals surface area contributed by atoms with Crippen LogP contribution in [0.4, 0.5) is 0 Å². The lowest BCUT2D eigenvalue weighted by Crippen LogP contribution is -2.62. The number of nitrogens with zero attached hydrogens (tertiary/aromatic N) is 1. The molecule has 0 aromatic heterocycles. The largest absolute Gasteiger partial charge is 0.486 e. The van der Waals surface area contributed by atoms with Gasteiger partial charge in [-0.05, 0) is 25.0 Å². The molecule has 1 aromatic carbocycles. The Hall–Kier alpha value is -1.84. The molecule has 1 unspecified atom stereocenters. The highest BCUT2D eigenvalue weighted by atomic mass is 32.2. The number of rotatable bonds is 7. The zero-order valence-corrected chi connectivity index (χ0v) is 16.6. The van der Waals surface area contributed by atoms with E-state index in [0.29, 0.717) is 31.3 Å². The van der Waals surface area contributed by atoms with Crippen LogP contribution in [0.3, 0.4) is 0 Å². The van der Waals surface area contributed by atoms with Gasteiger partial charge in [0, 0.05) is 25.8 Å². The van der Waals surface area contributed by atoms with Crippen molar-refractivity contribution >= 4 is 15.9 Å². The van der Waals surface area contributed by atoms with Gasteiger partial charge in [0.25, 0.3) is 0 Å². The first-order valence-corrected chi connectivity index (χ1v) is 10.6. The van der Waals surface area contributed by atoms with Crippen molar-refractivity contribution in [3.63, 3.8) is 0 Å². The number of carbonyl (C=O) groups excluding carboxylic acids is 1. The van der Waals surface area contributed by atoms with Gasteiger partial charge in [0.1, 0.15) is 19.3 Å². The zero-order chi connectivity index (χ0) is 19.6. The fourth-order valence-electron chi connectivity index (χ4n) is 3.09. The maximum Gasteiger partial charge on any atom is 0.249 e. The molecule has 0 spiro atoms. The summed E-state index contributed by atoms with van der Waals surface area (Å²) in [4.78, 5) is 12.5. The average Bonchev–Trinajstić information content (AvgIpc) is 2.61. The quantitative estimate of drug-likeness (QED) is 0.737. The van der Waals surface area contributed by atoms with Crippen molar-refractivity contribution in [2.24, 2.45) is 5.92 Å². The van der Waals surface area contributed by atoms with Gasteiger partial charge in [-0.25, -0.2) is 8.42 Å². The van der Waals surface area contributed by atoms with E-state index in [1.807, 2.05) is 20.8 Å². The van der Waals surface area contributed by atoms with Crippen molar-refractivity contribution in [3.05, 3.63) is 18.2 Å². The van der Waals surface area contributed by atoms with Crippen molar-refractivity contribution in [2.75, 3.05) is 32.9 Å². The normalized spacial score (nSPS) is 18.8. The Bertz CT molecular complexity index is 789. The van der Waals surface area contributed by atoms with E-state index in [-0.39, 0.29) is 35.9 Å². The molecule has 1 atom stereocenters. The number of ether oxygens (including phenoxy) is 3. The average molecular weight is 398 g/mol. The smallest absolute Gasteiger partial charge is 0.249 e. The number of hydrogen-bond acceptors (Lipinski definition) is 6. The standard InChI is InChI=1S/C18H26N2O6S/c1-4-24-17(12(2)3)18(21)19-13-10-20(11-13)27(22,23)14-5-6-15-16(9-14)26-8-7-25-15/h5-6,9,12-13,17H,4,7-8,10-11H2,1-3H3,(H,19,21). The van der Waals surface area contributed by atoms with E-state index in [2.05, 4.69) is 5.32 Å². The summed E-state index contributed by atoms with van der Waals surface area (Å²) in [7, 11) is -3.64. The first-order chi connectivity index (χ1) is 12.8. The van der Waals surface area contributed by atoms with Crippen LogP contribution >= 0.6 is 0 Å². The molecular weight excluding hydrogens is 372 g/mol. The van der Waals surface area contributed by atoms with Crippen molar-refractivity contribution < 1.29 is 27.4 Å². The number of fused-ring (bicyclic) bond motifs is 1. The van der Waals surface area contributed by atoms with Crippen LogP contribution in [0.5, 0.6) is 11.5 Å². The van der Waals surface area contributed by atoms with Crippen LogP contribution in [0.25, 0.3) is 0 Å². The Balaban J connectivity index is 1.60. The van der Waals surface area contributed by atoms with Gasteiger partial charge in [-0.2, -0.15) is 4.31 Å². The van der Waals surface area contributed by atoms with E-state index in [9.17, 15) is 13.2 Å². The summed E-state index contributed by atoms with van der Waals surface area (Å²) in [5.74, 6) is 0.824. The molecule has 1 saturated heterocycles. The summed E-state index contributed by atoms with van der Waals surface area (Å²) in [6.45, 7) is 7.44. The Morgan fingerprint density at radius 1 is 1.26 bits per heavy atom. The van der Waals surface area contributed by atoms with Gasteiger partial charge in [-0.1, -0.05) is 13.8 Å². The molecule has 0 saturated carbocycles. The van der Waals surface area contributed by atoms with Gasteiger partial charge in [0.15, 0.2) is 11.5 Å². The second kappa shape index (κ2) is 8.04. The summed E-state index contributed by atoms with van der Waals surface area (Å²) < 4.78 is 43.2. The van der Waals surface area contributed by atoms with Crippen molar-refractivity contribution in [2.45, 2.75) is 37.8 Å². The number of sulfonamides is 1. The van der Waals surface area contributed by atoms with Crippen molar-refractivity contribution in [1.82, 2.24) is 9.62 Å².